The van der Waals surface area contributed by atoms with Crippen LogP contribution in [0.5, 0.6) is 0 Å². The van der Waals surface area contributed by atoms with Gasteiger partial charge in [-0.15, -0.1) is 0 Å². The highest BCUT2D eigenvalue weighted by Crippen LogP contribution is 2.44. The smallest absolute Gasteiger partial charge is 0.407 e. The van der Waals surface area contributed by atoms with Crippen LogP contribution in [0.15, 0.2) is 60.9 Å². The van der Waals surface area contributed by atoms with Gasteiger partial charge in [-0.3, -0.25) is 0 Å². The molecule has 8 heteroatoms. The maximum absolute atomic E-state index is 12.2. The highest BCUT2D eigenvalue weighted by atomic mass is 16.5. The summed E-state index contributed by atoms with van der Waals surface area (Å²) in [5.41, 5.74) is 4.89. The Labute approximate surface area is 179 Å². The molecule has 8 nitrogen and oxygen atoms in total. The minimum Gasteiger partial charge on any atom is -0.449 e. The van der Waals surface area contributed by atoms with Gasteiger partial charge in [-0.25, -0.2) is 14.8 Å². The van der Waals surface area contributed by atoms with Crippen molar-refractivity contribution < 1.29 is 19.7 Å². The molecule has 1 heterocycles. The number of carbonyl (C=O) groups excluding carboxylic acids is 1. The number of fused-ring (bicyclic) bond motifs is 3. The van der Waals surface area contributed by atoms with Crippen molar-refractivity contribution in [2.45, 2.75) is 18.1 Å². The Morgan fingerprint density at radius 3 is 2.19 bits per heavy atom. The van der Waals surface area contributed by atoms with Crippen molar-refractivity contribution in [3.63, 3.8) is 0 Å². The second-order valence-corrected chi connectivity index (χ2v) is 7.31. The molecule has 0 spiro atoms. The van der Waals surface area contributed by atoms with Crippen LogP contribution in [-0.2, 0) is 4.74 Å². The van der Waals surface area contributed by atoms with Crippen LogP contribution in [0.1, 0.15) is 28.7 Å². The van der Waals surface area contributed by atoms with Crippen LogP contribution in [0, 0.1) is 0 Å². The van der Waals surface area contributed by atoms with Crippen LogP contribution in [0.25, 0.3) is 11.1 Å². The van der Waals surface area contributed by atoms with Gasteiger partial charge in [0.2, 0.25) is 5.95 Å². The normalized spacial score (nSPS) is 14.3. The molecule has 1 aromatic heterocycles. The number of amides is 1. The molecule has 0 bridgehead atoms. The number of anilines is 1. The summed E-state index contributed by atoms with van der Waals surface area (Å²) in [6, 6.07) is 16.2. The lowest BCUT2D eigenvalue weighted by Gasteiger charge is -2.19. The van der Waals surface area contributed by atoms with E-state index in [1.54, 1.807) is 7.05 Å². The van der Waals surface area contributed by atoms with Crippen LogP contribution >= 0.6 is 0 Å². The van der Waals surface area contributed by atoms with Crippen LogP contribution in [-0.4, -0.2) is 52.6 Å². The Hall–Kier alpha value is -3.49. The Balaban J connectivity index is 1.32. The second-order valence-electron chi connectivity index (χ2n) is 7.31. The number of hydrogen-bond acceptors (Lipinski definition) is 7. The molecule has 0 aliphatic heterocycles. The molecule has 31 heavy (non-hydrogen) atoms. The molecular formula is C23H24N4O4. The van der Waals surface area contributed by atoms with E-state index in [1.165, 1.54) is 12.4 Å². The van der Waals surface area contributed by atoms with Gasteiger partial charge in [-0.05, 0) is 22.3 Å². The molecule has 0 fully saturated rings. The molecule has 0 saturated carbocycles. The lowest BCUT2D eigenvalue weighted by Crippen LogP contribution is -2.36. The standard InChI is InChI=1S/C23H24N4O4/c1-24-22-25-10-14(11-26-22)21(29)20(28)12-27-23(30)31-13-19-17-8-4-2-6-15(17)16-7-3-5-9-18(16)19/h2-11,19-21,28-29H,12-13H2,1H3,(H,27,30)(H,24,25,26). The lowest BCUT2D eigenvalue weighted by molar-refractivity contribution is 0.0182. The molecule has 160 valence electrons. The predicted octanol–water partition coefficient (Wildman–Crippen LogP) is 2.45. The topological polar surface area (TPSA) is 117 Å². The average Bonchev–Trinajstić information content (AvgIpc) is 3.14. The van der Waals surface area contributed by atoms with Gasteiger partial charge in [0.1, 0.15) is 18.8 Å². The minimum atomic E-state index is -1.24. The zero-order chi connectivity index (χ0) is 21.8. The predicted molar refractivity (Wildman–Crippen MR) is 116 cm³/mol. The maximum Gasteiger partial charge on any atom is 0.407 e. The zero-order valence-electron chi connectivity index (χ0n) is 17.0. The maximum atomic E-state index is 12.2. The third-order valence-electron chi connectivity index (χ3n) is 5.40. The number of nitrogens with zero attached hydrogens (tertiary/aromatic N) is 2. The van der Waals surface area contributed by atoms with E-state index in [4.69, 9.17) is 4.74 Å². The van der Waals surface area contributed by atoms with E-state index in [9.17, 15) is 15.0 Å². The van der Waals surface area contributed by atoms with E-state index in [1.807, 2.05) is 36.4 Å². The number of rotatable bonds is 7. The average molecular weight is 420 g/mol. The minimum absolute atomic E-state index is 0.0449. The van der Waals surface area contributed by atoms with Gasteiger partial charge < -0.3 is 25.6 Å². The molecule has 0 saturated heterocycles. The van der Waals surface area contributed by atoms with E-state index >= 15 is 0 Å². The van der Waals surface area contributed by atoms with Gasteiger partial charge in [0.15, 0.2) is 0 Å². The van der Waals surface area contributed by atoms with Gasteiger partial charge in [0.05, 0.1) is 0 Å². The molecule has 2 unspecified atom stereocenters. The Kier molecular flexibility index (Phi) is 6.11. The Bertz CT molecular complexity index is 1010. The number of nitrogens with one attached hydrogen (secondary N) is 2. The van der Waals surface area contributed by atoms with Crippen molar-refractivity contribution in [3.05, 3.63) is 77.6 Å². The molecule has 4 N–H and O–H groups in total. The fourth-order valence-corrected chi connectivity index (χ4v) is 3.79. The molecule has 0 radical (unpaired) electrons. The fraction of sp³-hybridized carbons (Fsp3) is 0.261. The summed E-state index contributed by atoms with van der Waals surface area (Å²) in [7, 11) is 1.68. The van der Waals surface area contributed by atoms with Crippen LogP contribution in [0.4, 0.5) is 10.7 Å². The fourth-order valence-electron chi connectivity index (χ4n) is 3.79. The number of aliphatic hydroxyl groups is 2. The van der Waals surface area contributed by atoms with Crippen molar-refractivity contribution >= 4 is 12.0 Å². The van der Waals surface area contributed by atoms with E-state index in [0.29, 0.717) is 11.5 Å². The number of alkyl carbamates (subject to hydrolysis) is 1. The second kappa shape index (κ2) is 9.11. The molecule has 1 amide bonds. The summed E-state index contributed by atoms with van der Waals surface area (Å²) in [4.78, 5) is 20.2. The van der Waals surface area contributed by atoms with Crippen LogP contribution < -0.4 is 10.6 Å². The van der Waals surface area contributed by atoms with E-state index < -0.39 is 18.3 Å². The van der Waals surface area contributed by atoms with Gasteiger partial charge in [-0.2, -0.15) is 0 Å². The Morgan fingerprint density at radius 2 is 1.61 bits per heavy atom. The molecule has 2 aromatic carbocycles. The number of hydrogen-bond donors (Lipinski definition) is 4. The third-order valence-corrected chi connectivity index (χ3v) is 5.40. The Morgan fingerprint density at radius 1 is 1.03 bits per heavy atom. The number of ether oxygens (including phenoxy) is 1. The molecule has 1 aliphatic carbocycles. The van der Waals surface area contributed by atoms with E-state index in [2.05, 4.69) is 32.7 Å². The van der Waals surface area contributed by atoms with Gasteiger partial charge in [0.25, 0.3) is 0 Å². The van der Waals surface area contributed by atoms with Crippen molar-refractivity contribution in [2.24, 2.45) is 0 Å². The van der Waals surface area contributed by atoms with Gasteiger partial charge in [0, 0.05) is 37.5 Å². The first-order chi connectivity index (χ1) is 15.1. The van der Waals surface area contributed by atoms with Gasteiger partial charge in [-0.1, -0.05) is 48.5 Å². The van der Waals surface area contributed by atoms with Crippen molar-refractivity contribution in [1.82, 2.24) is 15.3 Å². The van der Waals surface area contributed by atoms with Crippen molar-refractivity contribution in [3.8, 4) is 11.1 Å². The summed E-state index contributed by atoms with van der Waals surface area (Å²) >= 11 is 0. The van der Waals surface area contributed by atoms with Crippen molar-refractivity contribution in [2.75, 3.05) is 25.5 Å². The summed E-state index contributed by atoms with van der Waals surface area (Å²) in [6.45, 7) is 0.00342. The molecule has 2 atom stereocenters. The molecular weight excluding hydrogens is 396 g/mol. The van der Waals surface area contributed by atoms with E-state index in [-0.39, 0.29) is 19.1 Å². The van der Waals surface area contributed by atoms with Gasteiger partial charge >= 0.3 is 6.09 Å². The number of aromatic nitrogens is 2. The highest BCUT2D eigenvalue weighted by Gasteiger charge is 2.29. The van der Waals surface area contributed by atoms with Crippen LogP contribution in [0.3, 0.4) is 0 Å². The molecule has 1 aliphatic rings. The quantitative estimate of drug-likeness (QED) is 0.464. The first-order valence-corrected chi connectivity index (χ1v) is 10.0. The lowest BCUT2D eigenvalue weighted by atomic mass is 9.98. The summed E-state index contributed by atoms with van der Waals surface area (Å²) in [6.07, 6.45) is -0.292. The number of carbonyl (C=O) groups is 1. The summed E-state index contributed by atoms with van der Waals surface area (Å²) < 4.78 is 5.43. The molecule has 3 aromatic rings. The number of aliphatic hydroxyl groups excluding tert-OH is 2. The highest BCUT2D eigenvalue weighted by molar-refractivity contribution is 5.79. The zero-order valence-corrected chi connectivity index (χ0v) is 17.0. The first kappa shape index (κ1) is 20.8. The van der Waals surface area contributed by atoms with Crippen molar-refractivity contribution in [1.29, 1.82) is 0 Å². The summed E-state index contributed by atoms with van der Waals surface area (Å²) in [5.74, 6) is 0.360. The number of benzene rings is 2. The van der Waals surface area contributed by atoms with E-state index in [0.717, 1.165) is 22.3 Å². The SMILES string of the molecule is CNc1ncc(C(O)C(O)CNC(=O)OCC2c3ccccc3-c3ccccc32)cn1. The monoisotopic (exact) mass is 420 g/mol. The largest absolute Gasteiger partial charge is 0.449 e. The first-order valence-electron chi connectivity index (χ1n) is 10.0. The third kappa shape index (κ3) is 4.35. The summed E-state index contributed by atoms with van der Waals surface area (Å²) in [5, 5.41) is 25.7. The molecule has 4 rings (SSSR count). The van der Waals surface area contributed by atoms with Crippen LogP contribution in [0.2, 0.25) is 0 Å².